The van der Waals surface area contributed by atoms with E-state index >= 15 is 0 Å². The summed E-state index contributed by atoms with van der Waals surface area (Å²) in [5, 5.41) is 0. The summed E-state index contributed by atoms with van der Waals surface area (Å²) in [6.45, 7) is 1.52. The molecule has 154 valence electrons. The molecule has 0 atom stereocenters. The summed E-state index contributed by atoms with van der Waals surface area (Å²) in [7, 11) is 0. The van der Waals surface area contributed by atoms with Gasteiger partial charge in [0.25, 0.3) is 11.8 Å². The summed E-state index contributed by atoms with van der Waals surface area (Å²) < 4.78 is 43.1. The second-order valence-electron chi connectivity index (χ2n) is 6.46. The number of anilines is 1. The summed E-state index contributed by atoms with van der Waals surface area (Å²) in [4.78, 5) is 30.7. The van der Waals surface area contributed by atoms with Gasteiger partial charge in [-0.2, -0.15) is 13.2 Å². The van der Waals surface area contributed by atoms with Crippen LogP contribution in [0.3, 0.4) is 0 Å². The second kappa shape index (κ2) is 8.38. The average Bonchev–Trinajstić information content (AvgIpc) is 2.72. The first-order valence-electron chi connectivity index (χ1n) is 8.82. The van der Waals surface area contributed by atoms with E-state index in [1.165, 1.54) is 6.07 Å². The molecule has 0 radical (unpaired) electrons. The molecule has 3 rings (SSSR count). The van der Waals surface area contributed by atoms with Crippen molar-refractivity contribution in [2.24, 2.45) is 5.73 Å². The lowest BCUT2D eigenvalue weighted by molar-refractivity contribution is -0.137. The Balaban J connectivity index is 1.56. The van der Waals surface area contributed by atoms with Crippen LogP contribution in [-0.2, 0) is 11.0 Å². The fourth-order valence-corrected chi connectivity index (χ4v) is 2.91. The van der Waals surface area contributed by atoms with Crippen molar-refractivity contribution in [3.63, 3.8) is 0 Å². The third-order valence-electron chi connectivity index (χ3n) is 4.45. The van der Waals surface area contributed by atoms with Crippen molar-refractivity contribution in [1.29, 1.82) is 0 Å². The molecule has 2 aromatic rings. The van der Waals surface area contributed by atoms with Gasteiger partial charge in [-0.05, 0) is 36.4 Å². The SMILES string of the molecule is NC(=O)COc1ccc(C(=O)N2CCN(c3ccc(C(F)(F)F)cn3)CC2)cc1. The van der Waals surface area contributed by atoms with Gasteiger partial charge in [0, 0.05) is 37.9 Å². The van der Waals surface area contributed by atoms with Crippen LogP contribution in [0.5, 0.6) is 5.75 Å². The Bertz CT molecular complexity index is 862. The second-order valence-corrected chi connectivity index (χ2v) is 6.46. The number of halogens is 3. The number of alkyl halides is 3. The maximum absolute atomic E-state index is 12.6. The number of hydrogen-bond donors (Lipinski definition) is 1. The van der Waals surface area contributed by atoms with Crippen LogP contribution in [0.15, 0.2) is 42.6 Å². The van der Waals surface area contributed by atoms with E-state index in [-0.39, 0.29) is 12.5 Å². The lowest BCUT2D eigenvalue weighted by Crippen LogP contribution is -2.49. The maximum Gasteiger partial charge on any atom is 0.417 e. The first-order valence-corrected chi connectivity index (χ1v) is 8.82. The molecule has 0 bridgehead atoms. The number of carbonyl (C=O) groups excluding carboxylic acids is 2. The Labute approximate surface area is 164 Å². The van der Waals surface area contributed by atoms with Gasteiger partial charge in [0.15, 0.2) is 6.61 Å². The third-order valence-corrected chi connectivity index (χ3v) is 4.45. The van der Waals surface area contributed by atoms with Crippen molar-refractivity contribution in [3.8, 4) is 5.75 Å². The highest BCUT2D eigenvalue weighted by Crippen LogP contribution is 2.29. The number of nitrogens with two attached hydrogens (primary N) is 1. The highest BCUT2D eigenvalue weighted by atomic mass is 19.4. The molecule has 1 aromatic heterocycles. The molecule has 10 heteroatoms. The van der Waals surface area contributed by atoms with Gasteiger partial charge in [-0.1, -0.05) is 0 Å². The third kappa shape index (κ3) is 5.15. The van der Waals surface area contributed by atoms with Gasteiger partial charge in [0.1, 0.15) is 11.6 Å². The number of rotatable bonds is 5. The van der Waals surface area contributed by atoms with E-state index in [0.29, 0.717) is 43.3 Å². The summed E-state index contributed by atoms with van der Waals surface area (Å²) in [5.74, 6) is 0.122. The Hall–Kier alpha value is -3.30. The van der Waals surface area contributed by atoms with Gasteiger partial charge < -0.3 is 20.3 Å². The van der Waals surface area contributed by atoms with Crippen LogP contribution in [0, 0.1) is 0 Å². The van der Waals surface area contributed by atoms with Gasteiger partial charge in [-0.25, -0.2) is 4.98 Å². The van der Waals surface area contributed by atoms with Crippen molar-refractivity contribution in [3.05, 3.63) is 53.7 Å². The number of amides is 2. The van der Waals surface area contributed by atoms with Crippen molar-refractivity contribution < 1.29 is 27.5 Å². The first kappa shape index (κ1) is 20.4. The molecular weight excluding hydrogens is 389 g/mol. The standard InChI is InChI=1S/C19H19F3N4O3/c20-19(21,22)14-3-6-17(24-11-14)25-7-9-26(10-8-25)18(28)13-1-4-15(5-2-13)29-12-16(23)27/h1-6,11H,7-10,12H2,(H2,23,27). The molecule has 0 aliphatic carbocycles. The van der Waals surface area contributed by atoms with Gasteiger partial charge >= 0.3 is 6.18 Å². The summed E-state index contributed by atoms with van der Waals surface area (Å²) in [6, 6.07) is 8.70. The predicted molar refractivity (Wildman–Crippen MR) is 98.5 cm³/mol. The fraction of sp³-hybridized carbons (Fsp3) is 0.316. The molecule has 2 N–H and O–H groups in total. The highest BCUT2D eigenvalue weighted by molar-refractivity contribution is 5.94. The molecule has 7 nitrogen and oxygen atoms in total. The van der Waals surface area contributed by atoms with Crippen LogP contribution < -0.4 is 15.4 Å². The van der Waals surface area contributed by atoms with E-state index in [9.17, 15) is 22.8 Å². The molecule has 0 spiro atoms. The van der Waals surface area contributed by atoms with Crippen LogP contribution in [0.4, 0.5) is 19.0 Å². The number of aromatic nitrogens is 1. The number of piperazine rings is 1. The number of benzene rings is 1. The molecule has 29 heavy (non-hydrogen) atoms. The number of primary amides is 1. The molecule has 1 aromatic carbocycles. The molecule has 2 amide bonds. The van der Waals surface area contributed by atoms with Crippen molar-refractivity contribution in [2.45, 2.75) is 6.18 Å². The normalized spacial score (nSPS) is 14.6. The van der Waals surface area contributed by atoms with Crippen molar-refractivity contribution in [1.82, 2.24) is 9.88 Å². The van der Waals surface area contributed by atoms with Crippen LogP contribution >= 0.6 is 0 Å². The molecule has 1 aliphatic heterocycles. The maximum atomic E-state index is 12.6. The molecule has 0 saturated carbocycles. The number of nitrogens with zero attached hydrogens (tertiary/aromatic N) is 3. The van der Waals surface area contributed by atoms with E-state index < -0.39 is 17.6 Å². The molecular formula is C19H19F3N4O3. The van der Waals surface area contributed by atoms with Crippen LogP contribution in [0.1, 0.15) is 15.9 Å². The van der Waals surface area contributed by atoms with Crippen LogP contribution in [-0.4, -0.2) is 54.5 Å². The van der Waals surface area contributed by atoms with E-state index in [1.54, 1.807) is 29.2 Å². The van der Waals surface area contributed by atoms with E-state index in [0.717, 1.165) is 12.3 Å². The summed E-state index contributed by atoms with van der Waals surface area (Å²) in [6.07, 6.45) is -3.61. The Kier molecular flexibility index (Phi) is 5.90. The largest absolute Gasteiger partial charge is 0.484 e. The van der Waals surface area contributed by atoms with Gasteiger partial charge in [-0.15, -0.1) is 0 Å². The smallest absolute Gasteiger partial charge is 0.417 e. The van der Waals surface area contributed by atoms with Crippen LogP contribution in [0.2, 0.25) is 0 Å². The zero-order valence-electron chi connectivity index (χ0n) is 15.4. The Morgan fingerprint density at radius 2 is 1.69 bits per heavy atom. The molecule has 0 unspecified atom stereocenters. The highest BCUT2D eigenvalue weighted by Gasteiger charge is 2.31. The lowest BCUT2D eigenvalue weighted by atomic mass is 10.1. The molecule has 2 heterocycles. The average molecular weight is 408 g/mol. The van der Waals surface area contributed by atoms with Crippen LogP contribution in [0.25, 0.3) is 0 Å². The lowest BCUT2D eigenvalue weighted by Gasteiger charge is -2.35. The Morgan fingerprint density at radius 3 is 2.21 bits per heavy atom. The summed E-state index contributed by atoms with van der Waals surface area (Å²) in [5.41, 5.74) is 4.69. The van der Waals surface area contributed by atoms with Crippen molar-refractivity contribution >= 4 is 17.6 Å². The number of ether oxygens (including phenoxy) is 1. The number of carbonyl (C=O) groups is 2. The number of pyridine rings is 1. The van der Waals surface area contributed by atoms with E-state index in [2.05, 4.69) is 4.98 Å². The predicted octanol–water partition coefficient (Wildman–Crippen LogP) is 1.93. The Morgan fingerprint density at radius 1 is 1.03 bits per heavy atom. The van der Waals surface area contributed by atoms with Gasteiger partial charge in [-0.3, -0.25) is 9.59 Å². The first-order chi connectivity index (χ1) is 13.7. The van der Waals surface area contributed by atoms with Crippen molar-refractivity contribution in [2.75, 3.05) is 37.7 Å². The molecule has 1 saturated heterocycles. The quantitative estimate of drug-likeness (QED) is 0.817. The van der Waals surface area contributed by atoms with E-state index in [1.807, 2.05) is 4.90 Å². The minimum absolute atomic E-state index is 0.161. The monoisotopic (exact) mass is 408 g/mol. The van der Waals surface area contributed by atoms with Gasteiger partial charge in [0.05, 0.1) is 5.56 Å². The molecule has 1 aliphatic rings. The minimum atomic E-state index is -4.42. The van der Waals surface area contributed by atoms with Gasteiger partial charge in [0.2, 0.25) is 0 Å². The zero-order chi connectivity index (χ0) is 21.0. The fourth-order valence-electron chi connectivity index (χ4n) is 2.91. The zero-order valence-corrected chi connectivity index (χ0v) is 15.4. The minimum Gasteiger partial charge on any atom is -0.484 e. The number of hydrogen-bond acceptors (Lipinski definition) is 5. The summed E-state index contributed by atoms with van der Waals surface area (Å²) >= 11 is 0. The molecule has 1 fully saturated rings. The topological polar surface area (TPSA) is 88.8 Å². The van der Waals surface area contributed by atoms with E-state index in [4.69, 9.17) is 10.5 Å².